The number of carbonyl (C=O) groups is 3. The van der Waals surface area contributed by atoms with Crippen LogP contribution in [0.2, 0.25) is 5.02 Å². The van der Waals surface area contributed by atoms with Gasteiger partial charge in [-0.05, 0) is 6.92 Å². The van der Waals surface area contributed by atoms with Crippen LogP contribution < -0.4 is 10.6 Å². The Hall–Kier alpha value is -2.88. The largest absolute Gasteiger partial charge is 0.481 e. The van der Waals surface area contributed by atoms with E-state index in [2.05, 4.69) is 20.8 Å². The molecule has 0 saturated heterocycles. The summed E-state index contributed by atoms with van der Waals surface area (Å²) in [5, 5.41) is 22.1. The first-order valence-corrected chi connectivity index (χ1v) is 8.17. The molecule has 0 saturated carbocycles. The number of hydrogen-bond acceptors (Lipinski definition) is 5. The van der Waals surface area contributed by atoms with Crippen LogP contribution in [0.4, 0.5) is 0 Å². The lowest BCUT2D eigenvalue weighted by Gasteiger charge is -2.05. The fourth-order valence-electron chi connectivity index (χ4n) is 2.08. The molecule has 0 atom stereocenters. The summed E-state index contributed by atoms with van der Waals surface area (Å²) in [5.41, 5.74) is 1.13. The van der Waals surface area contributed by atoms with Crippen LogP contribution in [0.15, 0.2) is 12.4 Å². The molecule has 2 heterocycles. The van der Waals surface area contributed by atoms with Crippen molar-refractivity contribution in [3.63, 3.8) is 0 Å². The maximum Gasteiger partial charge on any atom is 0.305 e. The fraction of sp³-hybridized carbons (Fsp3) is 0.400. The number of aromatic nitrogens is 4. The third kappa shape index (κ3) is 4.82. The average Bonchev–Trinajstić information content (AvgIpc) is 3.17. The van der Waals surface area contributed by atoms with Crippen LogP contribution in [0.5, 0.6) is 0 Å². The Morgan fingerprint density at radius 1 is 1.23 bits per heavy atom. The van der Waals surface area contributed by atoms with Crippen molar-refractivity contribution in [2.24, 2.45) is 7.05 Å². The number of halogens is 1. The molecule has 0 aromatic carbocycles. The van der Waals surface area contributed by atoms with Crippen LogP contribution in [0.25, 0.3) is 0 Å². The molecule has 26 heavy (non-hydrogen) atoms. The lowest BCUT2D eigenvalue weighted by Crippen LogP contribution is -2.34. The quantitative estimate of drug-likeness (QED) is 0.559. The van der Waals surface area contributed by atoms with Gasteiger partial charge in [-0.1, -0.05) is 11.6 Å². The molecule has 0 aliphatic carbocycles. The van der Waals surface area contributed by atoms with E-state index in [1.165, 1.54) is 21.8 Å². The summed E-state index contributed by atoms with van der Waals surface area (Å²) in [7, 11) is 1.69. The van der Waals surface area contributed by atoms with E-state index in [0.29, 0.717) is 16.3 Å². The second-order valence-corrected chi connectivity index (χ2v) is 5.90. The van der Waals surface area contributed by atoms with Gasteiger partial charge in [0.05, 0.1) is 35.4 Å². The molecule has 0 bridgehead atoms. The van der Waals surface area contributed by atoms with Crippen molar-refractivity contribution in [1.82, 2.24) is 30.2 Å². The van der Waals surface area contributed by atoms with Crippen molar-refractivity contribution in [3.05, 3.63) is 34.4 Å². The maximum absolute atomic E-state index is 12.0. The predicted molar refractivity (Wildman–Crippen MR) is 92.1 cm³/mol. The summed E-state index contributed by atoms with van der Waals surface area (Å²) >= 11 is 6.04. The maximum atomic E-state index is 12.0. The highest BCUT2D eigenvalue weighted by atomic mass is 35.5. The number of carbonyl (C=O) groups excluding carboxylic acids is 2. The minimum atomic E-state index is -0.939. The Labute approximate surface area is 154 Å². The summed E-state index contributed by atoms with van der Waals surface area (Å²) in [4.78, 5) is 34.5. The smallest absolute Gasteiger partial charge is 0.305 e. The first kappa shape index (κ1) is 19.4. The van der Waals surface area contributed by atoms with E-state index >= 15 is 0 Å². The number of carboxylic acids is 1. The molecule has 2 amide bonds. The molecule has 2 aromatic heterocycles. The van der Waals surface area contributed by atoms with E-state index in [-0.39, 0.29) is 37.7 Å². The SMILES string of the molecule is Cc1c(Cl)c(C(=O)NCCNC(=O)c2cnn(CCC(=O)O)c2)nn1C. The van der Waals surface area contributed by atoms with E-state index in [0.717, 1.165) is 0 Å². The third-order valence-corrected chi connectivity index (χ3v) is 4.07. The van der Waals surface area contributed by atoms with Crippen molar-refractivity contribution < 1.29 is 19.5 Å². The first-order chi connectivity index (χ1) is 12.3. The molecule has 2 rings (SSSR count). The summed E-state index contributed by atoms with van der Waals surface area (Å²) < 4.78 is 2.90. The number of aliphatic carboxylic acids is 1. The van der Waals surface area contributed by atoms with Gasteiger partial charge in [0.1, 0.15) is 0 Å². The van der Waals surface area contributed by atoms with Crippen LogP contribution in [0.1, 0.15) is 33.0 Å². The van der Waals surface area contributed by atoms with E-state index in [9.17, 15) is 14.4 Å². The molecule has 0 aliphatic rings. The molecule has 140 valence electrons. The zero-order valence-corrected chi connectivity index (χ0v) is 15.1. The van der Waals surface area contributed by atoms with Gasteiger partial charge in [0.15, 0.2) is 5.69 Å². The van der Waals surface area contributed by atoms with E-state index in [4.69, 9.17) is 16.7 Å². The number of carboxylic acid groups (broad SMARTS) is 1. The summed E-state index contributed by atoms with van der Waals surface area (Å²) in [6.45, 7) is 2.34. The summed E-state index contributed by atoms with van der Waals surface area (Å²) in [6, 6.07) is 0. The monoisotopic (exact) mass is 382 g/mol. The Bertz CT molecular complexity index is 828. The standard InChI is InChI=1S/C15H19ClN6O4/c1-9-12(16)13(20-21(9)2)15(26)18-5-4-17-14(25)10-7-19-22(8-10)6-3-11(23)24/h7-8H,3-6H2,1-2H3,(H,17,25)(H,18,26)(H,23,24). The number of amides is 2. The number of nitrogens with one attached hydrogen (secondary N) is 2. The lowest BCUT2D eigenvalue weighted by molar-refractivity contribution is -0.137. The van der Waals surface area contributed by atoms with Crippen molar-refractivity contribution in [1.29, 1.82) is 0 Å². The number of rotatable bonds is 8. The molecule has 0 fully saturated rings. The average molecular weight is 383 g/mol. The van der Waals surface area contributed by atoms with Gasteiger partial charge in [0.2, 0.25) is 0 Å². The number of hydrogen-bond donors (Lipinski definition) is 3. The van der Waals surface area contributed by atoms with E-state index in [1.54, 1.807) is 14.0 Å². The molecular weight excluding hydrogens is 364 g/mol. The molecule has 0 spiro atoms. The summed E-state index contributed by atoms with van der Waals surface area (Å²) in [5.74, 6) is -1.73. The van der Waals surface area contributed by atoms with Crippen LogP contribution >= 0.6 is 11.6 Å². The predicted octanol–water partition coefficient (Wildman–Crippen LogP) is 0.213. The molecule has 2 aromatic rings. The zero-order valence-electron chi connectivity index (χ0n) is 14.3. The lowest BCUT2D eigenvalue weighted by atomic mass is 10.3. The van der Waals surface area contributed by atoms with Gasteiger partial charge in [0, 0.05) is 26.3 Å². The van der Waals surface area contributed by atoms with Crippen LogP contribution in [-0.2, 0) is 18.4 Å². The van der Waals surface area contributed by atoms with Crippen molar-refractivity contribution in [3.8, 4) is 0 Å². The highest BCUT2D eigenvalue weighted by molar-refractivity contribution is 6.34. The van der Waals surface area contributed by atoms with Crippen molar-refractivity contribution >= 4 is 29.4 Å². The normalized spacial score (nSPS) is 10.6. The molecule has 3 N–H and O–H groups in total. The van der Waals surface area contributed by atoms with Crippen molar-refractivity contribution in [2.75, 3.05) is 13.1 Å². The Kier molecular flexibility index (Phi) is 6.34. The van der Waals surface area contributed by atoms with Gasteiger partial charge >= 0.3 is 5.97 Å². The fourth-order valence-corrected chi connectivity index (χ4v) is 2.32. The molecule has 11 heteroatoms. The third-order valence-electron chi connectivity index (χ3n) is 3.62. The highest BCUT2D eigenvalue weighted by Crippen LogP contribution is 2.18. The molecule has 10 nitrogen and oxygen atoms in total. The van der Waals surface area contributed by atoms with Gasteiger partial charge in [-0.25, -0.2) is 0 Å². The van der Waals surface area contributed by atoms with Gasteiger partial charge in [-0.15, -0.1) is 0 Å². The number of aryl methyl sites for hydroxylation is 2. The van der Waals surface area contributed by atoms with E-state index in [1.807, 2.05) is 0 Å². The Morgan fingerprint density at radius 3 is 2.46 bits per heavy atom. The zero-order chi connectivity index (χ0) is 19.3. The molecule has 0 aliphatic heterocycles. The van der Waals surface area contributed by atoms with Gasteiger partial charge < -0.3 is 15.7 Å². The van der Waals surface area contributed by atoms with Gasteiger partial charge in [-0.3, -0.25) is 23.7 Å². The second kappa shape index (κ2) is 8.48. The van der Waals surface area contributed by atoms with Gasteiger partial charge in [-0.2, -0.15) is 10.2 Å². The topological polar surface area (TPSA) is 131 Å². The van der Waals surface area contributed by atoms with Crippen LogP contribution in [0.3, 0.4) is 0 Å². The minimum Gasteiger partial charge on any atom is -0.481 e. The number of nitrogens with zero attached hydrogens (tertiary/aromatic N) is 4. The van der Waals surface area contributed by atoms with Crippen molar-refractivity contribution in [2.45, 2.75) is 19.9 Å². The van der Waals surface area contributed by atoms with Crippen LogP contribution in [0, 0.1) is 6.92 Å². The first-order valence-electron chi connectivity index (χ1n) is 7.79. The van der Waals surface area contributed by atoms with Crippen LogP contribution in [-0.4, -0.2) is 55.5 Å². The molecule has 0 unspecified atom stereocenters. The second-order valence-electron chi connectivity index (χ2n) is 5.52. The van der Waals surface area contributed by atoms with Gasteiger partial charge in [0.25, 0.3) is 11.8 Å². The molecular formula is C15H19ClN6O4. The van der Waals surface area contributed by atoms with E-state index < -0.39 is 11.9 Å². The Morgan fingerprint density at radius 2 is 1.88 bits per heavy atom. The molecule has 0 radical (unpaired) electrons. The minimum absolute atomic E-state index is 0.0790. The summed E-state index contributed by atoms with van der Waals surface area (Å²) in [6.07, 6.45) is 2.74. The Balaban J connectivity index is 1.77. The highest BCUT2D eigenvalue weighted by Gasteiger charge is 2.17.